The van der Waals surface area contributed by atoms with E-state index in [1.807, 2.05) is 19.9 Å². The summed E-state index contributed by atoms with van der Waals surface area (Å²) >= 11 is 0. The first-order chi connectivity index (χ1) is 17.3. The highest BCUT2D eigenvalue weighted by molar-refractivity contribution is 6.06. The van der Waals surface area contributed by atoms with Gasteiger partial charge in [-0.3, -0.25) is 4.79 Å². The van der Waals surface area contributed by atoms with E-state index in [-0.39, 0.29) is 5.91 Å². The second-order valence-electron chi connectivity index (χ2n) is 8.81. The minimum absolute atomic E-state index is 0.280. The number of amides is 1. The van der Waals surface area contributed by atoms with Crippen LogP contribution < -0.4 is 19.5 Å². The van der Waals surface area contributed by atoms with Crippen molar-refractivity contribution in [1.82, 2.24) is 0 Å². The van der Waals surface area contributed by atoms with Gasteiger partial charge in [-0.1, -0.05) is 23.8 Å². The number of hydrogen-bond acceptors (Lipinski definition) is 5. The Balaban J connectivity index is 1.75. The summed E-state index contributed by atoms with van der Waals surface area (Å²) in [5, 5.41) is 3.86. The number of benzene rings is 3. The van der Waals surface area contributed by atoms with Crippen LogP contribution >= 0.6 is 0 Å². The number of carbonyl (C=O) groups is 1. The molecule has 1 amide bonds. The van der Waals surface area contributed by atoms with Crippen LogP contribution in [0.25, 0.3) is 27.7 Å². The van der Waals surface area contributed by atoms with Crippen molar-refractivity contribution >= 4 is 28.1 Å². The molecule has 0 aliphatic carbocycles. The molecule has 4 rings (SSSR count). The Bertz CT molecular complexity index is 1480. The summed E-state index contributed by atoms with van der Waals surface area (Å²) in [6.07, 6.45) is 3.35. The summed E-state index contributed by atoms with van der Waals surface area (Å²) in [6.45, 7) is 8.04. The number of methoxy groups -OCH3 is 3. The van der Waals surface area contributed by atoms with Gasteiger partial charge in [-0.2, -0.15) is 0 Å². The summed E-state index contributed by atoms with van der Waals surface area (Å²) < 4.78 is 22.4. The average Bonchev–Trinajstić information content (AvgIpc) is 3.28. The lowest BCUT2D eigenvalue weighted by atomic mass is 9.94. The van der Waals surface area contributed by atoms with E-state index >= 15 is 0 Å². The number of hydrogen-bond donors (Lipinski definition) is 1. The predicted octanol–water partition coefficient (Wildman–Crippen LogP) is 7.09. The van der Waals surface area contributed by atoms with Gasteiger partial charge in [0.2, 0.25) is 5.91 Å². The second-order valence-corrected chi connectivity index (χ2v) is 8.81. The summed E-state index contributed by atoms with van der Waals surface area (Å²) in [6, 6.07) is 13.6. The molecule has 0 fully saturated rings. The number of anilines is 1. The molecule has 4 aromatic rings. The zero-order valence-electron chi connectivity index (χ0n) is 21.7. The number of rotatable bonds is 7. The molecule has 0 bridgehead atoms. The van der Waals surface area contributed by atoms with Crippen LogP contribution in [0.1, 0.15) is 29.2 Å². The minimum atomic E-state index is -0.280. The molecule has 1 aromatic heterocycles. The molecule has 6 nitrogen and oxygen atoms in total. The van der Waals surface area contributed by atoms with Crippen LogP contribution in [-0.2, 0) is 4.79 Å². The van der Waals surface area contributed by atoms with Crippen LogP contribution in [0.3, 0.4) is 0 Å². The Morgan fingerprint density at radius 3 is 2.36 bits per heavy atom. The first kappa shape index (κ1) is 24.9. The van der Waals surface area contributed by atoms with Crippen molar-refractivity contribution in [1.29, 1.82) is 0 Å². The van der Waals surface area contributed by atoms with Gasteiger partial charge in [0.1, 0.15) is 22.8 Å². The molecule has 0 atom stereocenters. The molecule has 0 spiro atoms. The fourth-order valence-electron chi connectivity index (χ4n) is 4.54. The maximum atomic E-state index is 12.9. The van der Waals surface area contributed by atoms with Crippen molar-refractivity contribution in [2.45, 2.75) is 27.7 Å². The zero-order valence-corrected chi connectivity index (χ0v) is 21.7. The molecular formula is C30H31NO5. The van der Waals surface area contributed by atoms with Gasteiger partial charge in [0.25, 0.3) is 0 Å². The van der Waals surface area contributed by atoms with Gasteiger partial charge in [0.15, 0.2) is 0 Å². The molecule has 0 unspecified atom stereocenters. The average molecular weight is 486 g/mol. The molecule has 1 N–H and O–H groups in total. The molecule has 186 valence electrons. The lowest BCUT2D eigenvalue weighted by Gasteiger charge is -2.14. The van der Waals surface area contributed by atoms with Gasteiger partial charge in [-0.15, -0.1) is 0 Å². The van der Waals surface area contributed by atoms with E-state index in [1.54, 1.807) is 51.9 Å². The number of carbonyl (C=O) groups excluding carboxylic acids is 1. The number of nitrogens with one attached hydrogen (secondary N) is 1. The Labute approximate surface area is 211 Å². The first-order valence-electron chi connectivity index (χ1n) is 11.7. The normalized spacial score (nSPS) is 11.5. The fourth-order valence-corrected chi connectivity index (χ4v) is 4.54. The predicted molar refractivity (Wildman–Crippen MR) is 144 cm³/mol. The zero-order chi connectivity index (χ0) is 26.0. The van der Waals surface area contributed by atoms with Gasteiger partial charge >= 0.3 is 0 Å². The monoisotopic (exact) mass is 485 g/mol. The van der Waals surface area contributed by atoms with Crippen molar-refractivity contribution in [3.63, 3.8) is 0 Å². The molecule has 0 aliphatic rings. The van der Waals surface area contributed by atoms with Crippen LogP contribution in [-0.4, -0.2) is 27.2 Å². The maximum absolute atomic E-state index is 12.9. The van der Waals surface area contributed by atoms with Crippen molar-refractivity contribution in [2.75, 3.05) is 26.6 Å². The van der Waals surface area contributed by atoms with Crippen molar-refractivity contribution in [3.05, 3.63) is 77.1 Å². The van der Waals surface area contributed by atoms with E-state index in [0.29, 0.717) is 22.9 Å². The molecule has 0 saturated heterocycles. The standard InChI is InChI=1S/C30H31NO5/c1-17-8-10-22(18(2)12-17)25-16-36-30-20(4)29(35-7)23(15-24(25)30)19(3)13-28(32)31-26-11-9-21(33-5)14-27(26)34-6/h8-16H,1-7H3,(H,31,32)/b19-13+. The van der Waals surface area contributed by atoms with Gasteiger partial charge in [-0.25, -0.2) is 0 Å². The molecule has 1 heterocycles. The maximum Gasteiger partial charge on any atom is 0.248 e. The molecular weight excluding hydrogens is 454 g/mol. The quantitative estimate of drug-likeness (QED) is 0.283. The fraction of sp³-hybridized carbons (Fsp3) is 0.233. The number of aryl methyl sites for hydroxylation is 3. The van der Waals surface area contributed by atoms with Gasteiger partial charge < -0.3 is 23.9 Å². The third-order valence-corrected chi connectivity index (χ3v) is 6.36. The Morgan fingerprint density at radius 1 is 0.917 bits per heavy atom. The highest BCUT2D eigenvalue weighted by atomic mass is 16.5. The second kappa shape index (κ2) is 10.2. The highest BCUT2D eigenvalue weighted by Gasteiger charge is 2.19. The minimum Gasteiger partial charge on any atom is -0.497 e. The van der Waals surface area contributed by atoms with Crippen LogP contribution in [0.2, 0.25) is 0 Å². The third-order valence-electron chi connectivity index (χ3n) is 6.36. The van der Waals surface area contributed by atoms with Crippen LogP contribution in [0.5, 0.6) is 17.2 Å². The summed E-state index contributed by atoms with van der Waals surface area (Å²) in [4.78, 5) is 12.9. The molecule has 6 heteroatoms. The Kier molecular flexibility index (Phi) is 7.06. The summed E-state index contributed by atoms with van der Waals surface area (Å²) in [5.41, 5.74) is 8.29. The molecule has 36 heavy (non-hydrogen) atoms. The summed E-state index contributed by atoms with van der Waals surface area (Å²) in [5.74, 6) is 1.55. The van der Waals surface area contributed by atoms with Gasteiger partial charge in [0, 0.05) is 34.2 Å². The van der Waals surface area contributed by atoms with E-state index in [9.17, 15) is 4.79 Å². The lowest BCUT2D eigenvalue weighted by Crippen LogP contribution is -2.10. The lowest BCUT2D eigenvalue weighted by molar-refractivity contribution is -0.111. The Hall–Kier alpha value is -4.19. The van der Waals surface area contributed by atoms with Gasteiger partial charge in [0.05, 0.1) is 33.3 Å². The van der Waals surface area contributed by atoms with Crippen molar-refractivity contribution < 1.29 is 23.4 Å². The van der Waals surface area contributed by atoms with E-state index in [0.717, 1.165) is 38.8 Å². The van der Waals surface area contributed by atoms with Crippen molar-refractivity contribution in [2.24, 2.45) is 0 Å². The molecule has 0 saturated carbocycles. The highest BCUT2D eigenvalue weighted by Crippen LogP contribution is 2.41. The topological polar surface area (TPSA) is 69.9 Å². The third kappa shape index (κ3) is 4.67. The molecule has 3 aromatic carbocycles. The number of furan rings is 1. The number of fused-ring (bicyclic) bond motifs is 1. The van der Waals surface area contributed by atoms with Gasteiger partial charge in [-0.05, 0) is 62.6 Å². The first-order valence-corrected chi connectivity index (χ1v) is 11.7. The van der Waals surface area contributed by atoms with E-state index in [2.05, 4.69) is 37.4 Å². The SMILES string of the molecule is COc1ccc(NC(=O)/C=C(\C)c2cc3c(-c4ccc(C)cc4C)coc3c(C)c2OC)c(OC)c1. The van der Waals surface area contributed by atoms with Crippen LogP contribution in [0, 0.1) is 20.8 Å². The van der Waals surface area contributed by atoms with E-state index in [4.69, 9.17) is 18.6 Å². The van der Waals surface area contributed by atoms with Crippen LogP contribution in [0.15, 0.2) is 59.2 Å². The summed E-state index contributed by atoms with van der Waals surface area (Å²) in [7, 11) is 4.75. The number of allylic oxidation sites excluding steroid dienone is 1. The van der Waals surface area contributed by atoms with E-state index < -0.39 is 0 Å². The van der Waals surface area contributed by atoms with E-state index in [1.165, 1.54) is 11.1 Å². The smallest absolute Gasteiger partial charge is 0.248 e. The largest absolute Gasteiger partial charge is 0.497 e. The van der Waals surface area contributed by atoms with Crippen molar-refractivity contribution in [3.8, 4) is 28.4 Å². The number of ether oxygens (including phenoxy) is 3. The molecule has 0 aliphatic heterocycles. The van der Waals surface area contributed by atoms with Crippen LogP contribution in [0.4, 0.5) is 5.69 Å². The molecule has 0 radical (unpaired) electrons. The Morgan fingerprint density at radius 2 is 1.69 bits per heavy atom.